The van der Waals surface area contributed by atoms with Crippen LogP contribution in [0, 0.1) is 5.41 Å². The first kappa shape index (κ1) is 15.6. The Hall–Kier alpha value is -2.64. The van der Waals surface area contributed by atoms with Gasteiger partial charge in [0.05, 0.1) is 11.9 Å². The van der Waals surface area contributed by atoms with Gasteiger partial charge in [-0.15, -0.1) is 0 Å². The van der Waals surface area contributed by atoms with Crippen molar-refractivity contribution in [1.82, 2.24) is 19.8 Å². The van der Waals surface area contributed by atoms with E-state index in [1.165, 1.54) is 0 Å². The topological polar surface area (TPSA) is 84.5 Å². The lowest BCUT2D eigenvalue weighted by molar-refractivity contribution is -0.117. The lowest BCUT2D eigenvalue weighted by Crippen LogP contribution is -2.34. The van der Waals surface area contributed by atoms with Crippen LogP contribution in [0.15, 0.2) is 23.0 Å². The van der Waals surface area contributed by atoms with E-state index in [4.69, 9.17) is 4.52 Å². The number of nitrogens with zero attached hydrogens (tertiary/aromatic N) is 5. The molecule has 1 saturated carbocycles. The van der Waals surface area contributed by atoms with E-state index < -0.39 is 0 Å². The standard InChI is InChI=1S/C18H21N5O3/c1-21-9-13(8-19-21)23-11-18(7-16(23)24)4-5-22(10-18)17(25)14-6-15(26-20-14)12-2-3-12/h6,8-9,12H,2-5,7,10-11H2,1H3. The largest absolute Gasteiger partial charge is 0.360 e. The van der Waals surface area contributed by atoms with E-state index in [1.807, 2.05) is 18.1 Å². The Morgan fingerprint density at radius 1 is 1.35 bits per heavy atom. The van der Waals surface area contributed by atoms with E-state index in [1.54, 1.807) is 21.8 Å². The first-order chi connectivity index (χ1) is 12.5. The van der Waals surface area contributed by atoms with Crippen LogP contribution in [0.4, 0.5) is 5.69 Å². The van der Waals surface area contributed by atoms with Gasteiger partial charge in [-0.3, -0.25) is 14.3 Å². The number of hydrogen-bond acceptors (Lipinski definition) is 5. The Morgan fingerprint density at radius 2 is 2.19 bits per heavy atom. The molecule has 1 unspecified atom stereocenters. The van der Waals surface area contributed by atoms with Gasteiger partial charge in [-0.2, -0.15) is 5.10 Å². The minimum Gasteiger partial charge on any atom is -0.360 e. The molecule has 3 aliphatic rings. The molecule has 0 aromatic carbocycles. The third-order valence-electron chi connectivity index (χ3n) is 5.78. The average Bonchev–Trinajstić information content (AvgIpc) is 3.00. The highest BCUT2D eigenvalue weighted by Gasteiger charge is 2.49. The zero-order valence-electron chi connectivity index (χ0n) is 14.7. The minimum absolute atomic E-state index is 0.0928. The lowest BCUT2D eigenvalue weighted by Gasteiger charge is -2.23. The molecule has 2 aromatic rings. The second kappa shape index (κ2) is 5.43. The lowest BCUT2D eigenvalue weighted by atomic mass is 9.86. The SMILES string of the molecule is Cn1cc(N2CC3(CCN(C(=O)c4cc(C5CC5)on4)C3)CC2=O)cn1. The molecule has 0 bridgehead atoms. The number of rotatable bonds is 3. The van der Waals surface area contributed by atoms with E-state index in [2.05, 4.69) is 10.3 Å². The van der Waals surface area contributed by atoms with Gasteiger partial charge in [-0.1, -0.05) is 5.16 Å². The van der Waals surface area contributed by atoms with Crippen LogP contribution in [0.25, 0.3) is 0 Å². The molecule has 3 fully saturated rings. The molecule has 2 amide bonds. The van der Waals surface area contributed by atoms with Gasteiger partial charge in [0.15, 0.2) is 5.69 Å². The van der Waals surface area contributed by atoms with Gasteiger partial charge < -0.3 is 14.3 Å². The van der Waals surface area contributed by atoms with Crippen molar-refractivity contribution in [1.29, 1.82) is 0 Å². The summed E-state index contributed by atoms with van der Waals surface area (Å²) < 4.78 is 7.01. The van der Waals surface area contributed by atoms with Crippen molar-refractivity contribution in [3.05, 3.63) is 29.9 Å². The molecule has 8 nitrogen and oxygen atoms in total. The first-order valence-electron chi connectivity index (χ1n) is 9.08. The summed E-state index contributed by atoms with van der Waals surface area (Å²) in [7, 11) is 1.84. The minimum atomic E-state index is -0.175. The van der Waals surface area contributed by atoms with Crippen LogP contribution < -0.4 is 4.90 Å². The summed E-state index contributed by atoms with van der Waals surface area (Å²) in [5.41, 5.74) is 1.04. The normalized spacial score (nSPS) is 25.7. The van der Waals surface area contributed by atoms with E-state index >= 15 is 0 Å². The third kappa shape index (κ3) is 2.51. The molecule has 1 aliphatic carbocycles. The zero-order valence-corrected chi connectivity index (χ0v) is 14.7. The maximum atomic E-state index is 12.8. The number of hydrogen-bond donors (Lipinski definition) is 0. The van der Waals surface area contributed by atoms with Crippen molar-refractivity contribution in [3.63, 3.8) is 0 Å². The number of carbonyl (C=O) groups excluding carboxylic acids is 2. The highest BCUT2D eigenvalue weighted by Crippen LogP contribution is 2.43. The second-order valence-electron chi connectivity index (χ2n) is 7.89. The quantitative estimate of drug-likeness (QED) is 0.834. The Bertz CT molecular complexity index is 883. The van der Waals surface area contributed by atoms with Gasteiger partial charge >= 0.3 is 0 Å². The van der Waals surface area contributed by atoms with Crippen molar-refractivity contribution in [2.45, 2.75) is 31.6 Å². The maximum Gasteiger partial charge on any atom is 0.276 e. The van der Waals surface area contributed by atoms with Crippen molar-refractivity contribution in [2.75, 3.05) is 24.5 Å². The fraction of sp³-hybridized carbons (Fsp3) is 0.556. The Balaban J connectivity index is 1.30. The van der Waals surface area contributed by atoms with Crippen molar-refractivity contribution < 1.29 is 14.1 Å². The number of carbonyl (C=O) groups is 2. The van der Waals surface area contributed by atoms with Crippen LogP contribution in [0.3, 0.4) is 0 Å². The van der Waals surface area contributed by atoms with E-state index in [9.17, 15) is 9.59 Å². The molecule has 2 aliphatic heterocycles. The summed E-state index contributed by atoms with van der Waals surface area (Å²) in [5, 5.41) is 8.12. The van der Waals surface area contributed by atoms with Gasteiger partial charge in [0.2, 0.25) is 5.91 Å². The van der Waals surface area contributed by atoms with Gasteiger partial charge in [0, 0.05) is 56.7 Å². The van der Waals surface area contributed by atoms with Crippen LogP contribution in [0.1, 0.15) is 47.8 Å². The molecular formula is C18H21N5O3. The fourth-order valence-corrected chi connectivity index (χ4v) is 4.17. The number of anilines is 1. The molecule has 26 heavy (non-hydrogen) atoms. The van der Waals surface area contributed by atoms with E-state index in [0.29, 0.717) is 37.7 Å². The molecule has 5 rings (SSSR count). The van der Waals surface area contributed by atoms with Crippen molar-refractivity contribution >= 4 is 17.5 Å². The van der Waals surface area contributed by atoms with Crippen LogP contribution in [0.2, 0.25) is 0 Å². The molecule has 0 N–H and O–H groups in total. The molecule has 1 atom stereocenters. The highest BCUT2D eigenvalue weighted by atomic mass is 16.5. The van der Waals surface area contributed by atoms with Crippen molar-refractivity contribution in [2.24, 2.45) is 12.5 Å². The second-order valence-corrected chi connectivity index (χ2v) is 7.89. The third-order valence-corrected chi connectivity index (χ3v) is 5.78. The van der Waals surface area contributed by atoms with Crippen molar-refractivity contribution in [3.8, 4) is 0 Å². The molecule has 1 spiro atoms. The molecule has 4 heterocycles. The van der Waals surface area contributed by atoms with Crippen LogP contribution in [0.5, 0.6) is 0 Å². The summed E-state index contributed by atoms with van der Waals surface area (Å²) in [5.74, 6) is 1.27. The van der Waals surface area contributed by atoms with E-state index in [0.717, 1.165) is 30.7 Å². The van der Waals surface area contributed by atoms with Gasteiger partial charge in [0.25, 0.3) is 5.91 Å². The maximum absolute atomic E-state index is 12.8. The molecule has 136 valence electrons. The Labute approximate surface area is 150 Å². The number of likely N-dealkylation sites (tertiary alicyclic amines) is 1. The number of aromatic nitrogens is 3. The summed E-state index contributed by atoms with van der Waals surface area (Å²) in [6.07, 6.45) is 7.09. The summed E-state index contributed by atoms with van der Waals surface area (Å²) in [6.45, 7) is 1.87. The molecule has 2 aromatic heterocycles. The molecular weight excluding hydrogens is 334 g/mol. The van der Waals surface area contributed by atoms with Crippen LogP contribution >= 0.6 is 0 Å². The predicted molar refractivity (Wildman–Crippen MR) is 91.6 cm³/mol. The number of aryl methyl sites for hydroxylation is 1. The average molecular weight is 355 g/mol. The van der Waals surface area contributed by atoms with Gasteiger partial charge in [-0.25, -0.2) is 0 Å². The zero-order chi connectivity index (χ0) is 17.9. The van der Waals surface area contributed by atoms with Crippen LogP contribution in [-0.4, -0.2) is 51.3 Å². The molecule has 0 radical (unpaired) electrons. The molecule has 2 saturated heterocycles. The fourth-order valence-electron chi connectivity index (χ4n) is 4.17. The monoisotopic (exact) mass is 355 g/mol. The Morgan fingerprint density at radius 3 is 2.92 bits per heavy atom. The summed E-state index contributed by atoms with van der Waals surface area (Å²) in [4.78, 5) is 28.9. The van der Waals surface area contributed by atoms with Gasteiger partial charge in [-0.05, 0) is 19.3 Å². The Kier molecular flexibility index (Phi) is 3.26. The van der Waals surface area contributed by atoms with Gasteiger partial charge in [0.1, 0.15) is 5.76 Å². The first-order valence-corrected chi connectivity index (χ1v) is 9.08. The summed E-state index contributed by atoms with van der Waals surface area (Å²) in [6, 6.07) is 1.78. The highest BCUT2D eigenvalue weighted by molar-refractivity contribution is 5.97. The van der Waals surface area contributed by atoms with E-state index in [-0.39, 0.29) is 17.2 Å². The number of amides is 2. The molecule has 8 heteroatoms. The van der Waals surface area contributed by atoms with Crippen LogP contribution in [-0.2, 0) is 11.8 Å². The predicted octanol–water partition coefficient (Wildman–Crippen LogP) is 1.55. The smallest absolute Gasteiger partial charge is 0.276 e. The summed E-state index contributed by atoms with van der Waals surface area (Å²) >= 11 is 0.